The van der Waals surface area contributed by atoms with Gasteiger partial charge in [-0.1, -0.05) is 12.8 Å². The van der Waals surface area contributed by atoms with Crippen molar-refractivity contribution in [2.24, 2.45) is 0 Å². The van der Waals surface area contributed by atoms with E-state index in [-0.39, 0.29) is 6.04 Å². The topological polar surface area (TPSA) is 41.6 Å². The van der Waals surface area contributed by atoms with Gasteiger partial charge in [0.1, 0.15) is 0 Å². The molecule has 4 heteroatoms. The van der Waals surface area contributed by atoms with E-state index >= 15 is 0 Å². The number of likely N-dealkylation sites (N-methyl/N-ethyl adjacent to an activating group) is 1. The summed E-state index contributed by atoms with van der Waals surface area (Å²) < 4.78 is 5.13. The van der Waals surface area contributed by atoms with Crippen LogP contribution in [-0.4, -0.2) is 50.7 Å². The molecule has 1 fully saturated rings. The fourth-order valence-electron chi connectivity index (χ4n) is 2.10. The van der Waals surface area contributed by atoms with Crippen LogP contribution >= 0.6 is 0 Å². The van der Waals surface area contributed by atoms with Gasteiger partial charge in [-0.05, 0) is 19.9 Å². The average molecular weight is 228 g/mol. The lowest BCUT2D eigenvalue weighted by Crippen LogP contribution is -2.45. The first-order chi connectivity index (χ1) is 7.77. The van der Waals surface area contributed by atoms with Crippen LogP contribution in [0.25, 0.3) is 0 Å². The van der Waals surface area contributed by atoms with Crippen molar-refractivity contribution in [3.63, 3.8) is 0 Å². The maximum Gasteiger partial charge on any atom is 0.222 e. The van der Waals surface area contributed by atoms with Gasteiger partial charge < -0.3 is 15.0 Å². The summed E-state index contributed by atoms with van der Waals surface area (Å²) in [5, 5.41) is 3.19. The average Bonchev–Trinajstić information content (AvgIpc) is 2.27. The Labute approximate surface area is 98.3 Å². The Kier molecular flexibility index (Phi) is 6.42. The molecule has 0 aromatic carbocycles. The van der Waals surface area contributed by atoms with E-state index in [1.165, 1.54) is 12.8 Å². The first-order valence-corrected chi connectivity index (χ1v) is 6.22. The van der Waals surface area contributed by atoms with Crippen LogP contribution in [-0.2, 0) is 9.53 Å². The summed E-state index contributed by atoms with van der Waals surface area (Å²) in [6, 6.07) is 0.244. The SMILES string of the molecule is CNC(COC)CN1CCCCCCC1=O. The predicted octanol–water partition coefficient (Wildman–Crippen LogP) is 1.01. The number of likely N-dealkylation sites (tertiary alicyclic amines) is 1. The molecule has 1 aliphatic heterocycles. The minimum Gasteiger partial charge on any atom is -0.383 e. The van der Waals surface area contributed by atoms with Crippen molar-refractivity contribution >= 4 is 5.91 Å². The standard InChI is InChI=1S/C12H24N2O2/c1-13-11(10-16-2)9-14-8-6-4-3-5-7-12(14)15/h11,13H,3-10H2,1-2H3. The zero-order chi connectivity index (χ0) is 11.8. The Balaban J connectivity index is 2.43. The summed E-state index contributed by atoms with van der Waals surface area (Å²) in [5.41, 5.74) is 0. The van der Waals surface area contributed by atoms with Crippen molar-refractivity contribution in [1.29, 1.82) is 0 Å². The zero-order valence-corrected chi connectivity index (χ0v) is 10.5. The highest BCUT2D eigenvalue weighted by molar-refractivity contribution is 5.76. The molecule has 1 N–H and O–H groups in total. The lowest BCUT2D eigenvalue weighted by Gasteiger charge is -2.28. The number of carbonyl (C=O) groups excluding carboxylic acids is 1. The highest BCUT2D eigenvalue weighted by Crippen LogP contribution is 2.11. The van der Waals surface area contributed by atoms with Crippen molar-refractivity contribution in [3.05, 3.63) is 0 Å². The molecule has 0 radical (unpaired) electrons. The van der Waals surface area contributed by atoms with Gasteiger partial charge in [0.15, 0.2) is 0 Å². The van der Waals surface area contributed by atoms with Crippen LogP contribution in [0.15, 0.2) is 0 Å². The van der Waals surface area contributed by atoms with Crippen molar-refractivity contribution in [2.45, 2.75) is 38.1 Å². The maximum atomic E-state index is 11.9. The van der Waals surface area contributed by atoms with E-state index in [2.05, 4.69) is 5.32 Å². The Morgan fingerprint density at radius 1 is 1.38 bits per heavy atom. The van der Waals surface area contributed by atoms with Gasteiger partial charge in [-0.3, -0.25) is 4.79 Å². The molecule has 1 amide bonds. The van der Waals surface area contributed by atoms with Crippen LogP contribution in [0.3, 0.4) is 0 Å². The van der Waals surface area contributed by atoms with Gasteiger partial charge in [0.05, 0.1) is 6.61 Å². The zero-order valence-electron chi connectivity index (χ0n) is 10.5. The van der Waals surface area contributed by atoms with E-state index in [9.17, 15) is 4.79 Å². The van der Waals surface area contributed by atoms with Crippen molar-refractivity contribution in [1.82, 2.24) is 10.2 Å². The van der Waals surface area contributed by atoms with Gasteiger partial charge >= 0.3 is 0 Å². The molecule has 0 aromatic rings. The minimum absolute atomic E-state index is 0.244. The Hall–Kier alpha value is -0.610. The van der Waals surface area contributed by atoms with E-state index in [0.29, 0.717) is 18.9 Å². The van der Waals surface area contributed by atoms with Gasteiger partial charge in [0.2, 0.25) is 5.91 Å². The Morgan fingerprint density at radius 2 is 2.12 bits per heavy atom. The number of methoxy groups -OCH3 is 1. The third kappa shape index (κ3) is 4.49. The molecule has 0 aromatic heterocycles. The number of rotatable bonds is 5. The molecular formula is C12H24N2O2. The number of carbonyl (C=O) groups is 1. The normalized spacial score (nSPS) is 20.4. The molecule has 94 valence electrons. The first-order valence-electron chi connectivity index (χ1n) is 6.22. The first kappa shape index (κ1) is 13.5. The lowest BCUT2D eigenvalue weighted by molar-refractivity contribution is -0.132. The Morgan fingerprint density at radius 3 is 2.81 bits per heavy atom. The van der Waals surface area contributed by atoms with E-state index < -0.39 is 0 Å². The van der Waals surface area contributed by atoms with Crippen molar-refractivity contribution in [2.75, 3.05) is 33.9 Å². The van der Waals surface area contributed by atoms with Gasteiger partial charge in [-0.25, -0.2) is 0 Å². The van der Waals surface area contributed by atoms with Gasteiger partial charge in [-0.2, -0.15) is 0 Å². The third-order valence-electron chi connectivity index (χ3n) is 3.14. The quantitative estimate of drug-likeness (QED) is 0.763. The Bertz CT molecular complexity index is 209. The van der Waals surface area contributed by atoms with E-state index in [1.54, 1.807) is 7.11 Å². The summed E-state index contributed by atoms with van der Waals surface area (Å²) in [6.07, 6.45) is 5.34. The van der Waals surface area contributed by atoms with E-state index in [1.807, 2.05) is 11.9 Å². The number of ether oxygens (including phenoxy) is 1. The van der Waals surface area contributed by atoms with Crippen molar-refractivity contribution < 1.29 is 9.53 Å². The minimum atomic E-state index is 0.244. The third-order valence-corrected chi connectivity index (χ3v) is 3.14. The molecule has 1 unspecified atom stereocenters. The molecule has 1 rings (SSSR count). The number of amides is 1. The summed E-state index contributed by atoms with van der Waals surface area (Å²) in [6.45, 7) is 2.32. The number of nitrogens with zero attached hydrogens (tertiary/aromatic N) is 1. The fraction of sp³-hybridized carbons (Fsp3) is 0.917. The largest absolute Gasteiger partial charge is 0.383 e. The molecule has 1 atom stereocenters. The summed E-state index contributed by atoms with van der Waals surface area (Å²) >= 11 is 0. The summed E-state index contributed by atoms with van der Waals surface area (Å²) in [5.74, 6) is 0.302. The molecule has 0 bridgehead atoms. The maximum absolute atomic E-state index is 11.9. The summed E-state index contributed by atoms with van der Waals surface area (Å²) in [4.78, 5) is 13.9. The van der Waals surface area contributed by atoms with Crippen LogP contribution in [0.2, 0.25) is 0 Å². The molecule has 0 spiro atoms. The molecule has 0 saturated carbocycles. The molecule has 1 aliphatic rings. The molecule has 16 heavy (non-hydrogen) atoms. The van der Waals surface area contributed by atoms with E-state index in [4.69, 9.17) is 4.74 Å². The lowest BCUT2D eigenvalue weighted by atomic mass is 10.1. The van der Waals surface area contributed by atoms with Crippen LogP contribution in [0, 0.1) is 0 Å². The number of hydrogen-bond acceptors (Lipinski definition) is 3. The second-order valence-electron chi connectivity index (χ2n) is 4.44. The van der Waals surface area contributed by atoms with Gasteiger partial charge in [0.25, 0.3) is 0 Å². The van der Waals surface area contributed by atoms with E-state index in [0.717, 1.165) is 25.9 Å². The second-order valence-corrected chi connectivity index (χ2v) is 4.44. The van der Waals surface area contributed by atoms with Crippen LogP contribution in [0.1, 0.15) is 32.1 Å². The van der Waals surface area contributed by atoms with Gasteiger partial charge in [-0.15, -0.1) is 0 Å². The number of hydrogen-bond donors (Lipinski definition) is 1. The molecule has 4 nitrogen and oxygen atoms in total. The van der Waals surface area contributed by atoms with Crippen molar-refractivity contribution in [3.8, 4) is 0 Å². The molecule has 0 aliphatic carbocycles. The smallest absolute Gasteiger partial charge is 0.222 e. The molecule has 1 heterocycles. The van der Waals surface area contributed by atoms with Gasteiger partial charge in [0, 0.05) is 32.7 Å². The van der Waals surface area contributed by atoms with Crippen LogP contribution < -0.4 is 5.32 Å². The molecule has 1 saturated heterocycles. The predicted molar refractivity (Wildman–Crippen MR) is 64.4 cm³/mol. The van der Waals surface area contributed by atoms with Crippen LogP contribution in [0.4, 0.5) is 0 Å². The van der Waals surface area contributed by atoms with Crippen LogP contribution in [0.5, 0.6) is 0 Å². The number of nitrogens with one attached hydrogen (secondary N) is 1. The monoisotopic (exact) mass is 228 g/mol. The molecular weight excluding hydrogens is 204 g/mol. The highest BCUT2D eigenvalue weighted by Gasteiger charge is 2.18. The summed E-state index contributed by atoms with van der Waals surface area (Å²) in [7, 11) is 3.61. The highest BCUT2D eigenvalue weighted by atomic mass is 16.5. The fourth-order valence-corrected chi connectivity index (χ4v) is 2.10. The second kappa shape index (κ2) is 7.63.